The molecule has 1 unspecified atom stereocenters. The summed E-state index contributed by atoms with van der Waals surface area (Å²) in [5, 5.41) is 14.3. The maximum absolute atomic E-state index is 11.9. The second kappa shape index (κ2) is 10.3. The first-order valence-electron chi connectivity index (χ1n) is 9.41. The summed E-state index contributed by atoms with van der Waals surface area (Å²) in [6.07, 6.45) is -1.33. The van der Waals surface area contributed by atoms with E-state index in [0.717, 1.165) is 5.56 Å². The van der Waals surface area contributed by atoms with Gasteiger partial charge >= 0.3 is 18.2 Å². The summed E-state index contributed by atoms with van der Waals surface area (Å²) >= 11 is 0. The molecular weight excluding hydrogens is 388 g/mol. The van der Waals surface area contributed by atoms with E-state index in [1.165, 1.54) is 0 Å². The van der Waals surface area contributed by atoms with Crippen LogP contribution in [-0.2, 0) is 27.3 Å². The fourth-order valence-corrected chi connectivity index (χ4v) is 2.49. The molecule has 2 amide bonds. The topological polar surface area (TPSA) is 114 Å². The average Bonchev–Trinajstić information content (AvgIpc) is 2.66. The van der Waals surface area contributed by atoms with Crippen LogP contribution in [0.4, 0.5) is 15.3 Å². The van der Waals surface area contributed by atoms with Gasteiger partial charge in [-0.2, -0.15) is 0 Å². The van der Waals surface area contributed by atoms with E-state index in [-0.39, 0.29) is 13.0 Å². The Morgan fingerprint density at radius 1 is 0.933 bits per heavy atom. The van der Waals surface area contributed by atoms with E-state index in [1.807, 2.05) is 30.3 Å². The van der Waals surface area contributed by atoms with Crippen LogP contribution in [0.1, 0.15) is 31.9 Å². The molecule has 2 rings (SSSR count). The number of hydrogen-bond donors (Lipinski definition) is 3. The maximum atomic E-state index is 11.9. The van der Waals surface area contributed by atoms with E-state index >= 15 is 0 Å². The number of benzene rings is 2. The third-order valence-electron chi connectivity index (χ3n) is 3.84. The lowest BCUT2D eigenvalue weighted by Crippen LogP contribution is -2.44. The molecule has 8 nitrogen and oxygen atoms in total. The SMILES string of the molecule is CC(C)(C)OC(=O)NC(Cc1ccc(NC(=O)OCc2ccccc2)cc1)C(=O)O. The monoisotopic (exact) mass is 414 g/mol. The summed E-state index contributed by atoms with van der Waals surface area (Å²) in [4.78, 5) is 35.2. The number of anilines is 1. The molecule has 160 valence electrons. The molecule has 0 aliphatic carbocycles. The number of carboxylic acids is 1. The summed E-state index contributed by atoms with van der Waals surface area (Å²) in [5.74, 6) is -1.17. The zero-order valence-corrected chi connectivity index (χ0v) is 17.2. The molecule has 0 bridgehead atoms. The lowest BCUT2D eigenvalue weighted by Gasteiger charge is -2.22. The molecule has 0 spiro atoms. The van der Waals surface area contributed by atoms with Crippen LogP contribution < -0.4 is 10.6 Å². The molecule has 1 atom stereocenters. The van der Waals surface area contributed by atoms with Crippen LogP contribution in [0, 0.1) is 0 Å². The fourth-order valence-electron chi connectivity index (χ4n) is 2.49. The van der Waals surface area contributed by atoms with Crippen molar-refractivity contribution in [3.63, 3.8) is 0 Å². The van der Waals surface area contributed by atoms with Crippen LogP contribution in [0.5, 0.6) is 0 Å². The van der Waals surface area contributed by atoms with E-state index in [4.69, 9.17) is 9.47 Å². The van der Waals surface area contributed by atoms with Crippen molar-refractivity contribution in [2.45, 2.75) is 45.4 Å². The van der Waals surface area contributed by atoms with Crippen LogP contribution in [0.25, 0.3) is 0 Å². The Bertz CT molecular complexity index is 859. The minimum Gasteiger partial charge on any atom is -0.480 e. The zero-order chi connectivity index (χ0) is 22.1. The molecule has 0 heterocycles. The van der Waals surface area contributed by atoms with Crippen LogP contribution in [0.3, 0.4) is 0 Å². The van der Waals surface area contributed by atoms with E-state index in [2.05, 4.69) is 10.6 Å². The van der Waals surface area contributed by atoms with Crippen molar-refractivity contribution in [1.82, 2.24) is 5.32 Å². The van der Waals surface area contributed by atoms with Gasteiger partial charge in [-0.15, -0.1) is 0 Å². The van der Waals surface area contributed by atoms with Crippen molar-refractivity contribution in [2.24, 2.45) is 0 Å². The molecule has 8 heteroatoms. The Balaban J connectivity index is 1.88. The van der Waals surface area contributed by atoms with Gasteiger partial charge < -0.3 is 19.9 Å². The minimum atomic E-state index is -1.17. The number of carbonyl (C=O) groups excluding carboxylic acids is 2. The first kappa shape index (κ1) is 22.7. The predicted octanol–water partition coefficient (Wildman–Crippen LogP) is 3.96. The lowest BCUT2D eigenvalue weighted by atomic mass is 10.1. The minimum absolute atomic E-state index is 0.0628. The largest absolute Gasteiger partial charge is 0.480 e. The second-order valence-electron chi connectivity index (χ2n) is 7.62. The van der Waals surface area contributed by atoms with Gasteiger partial charge in [0.05, 0.1) is 0 Å². The number of hydrogen-bond acceptors (Lipinski definition) is 5. The molecule has 30 heavy (non-hydrogen) atoms. The van der Waals surface area contributed by atoms with Crippen LogP contribution in [-0.4, -0.2) is 34.9 Å². The Morgan fingerprint density at radius 2 is 1.57 bits per heavy atom. The standard InChI is InChI=1S/C22H26N2O6/c1-22(2,3)30-21(28)24-18(19(25)26)13-15-9-11-17(12-10-15)23-20(27)29-14-16-7-5-4-6-8-16/h4-12,18H,13-14H2,1-3H3,(H,23,27)(H,24,28)(H,25,26). The molecule has 0 aliphatic heterocycles. The van der Waals surface area contributed by atoms with Crippen LogP contribution in [0.15, 0.2) is 54.6 Å². The summed E-state index contributed by atoms with van der Waals surface area (Å²) < 4.78 is 10.3. The number of aliphatic carboxylic acids is 1. The smallest absolute Gasteiger partial charge is 0.411 e. The third kappa shape index (κ3) is 8.22. The molecule has 0 saturated heterocycles. The molecule has 0 aromatic heterocycles. The quantitative estimate of drug-likeness (QED) is 0.632. The van der Waals surface area contributed by atoms with Crippen molar-refractivity contribution in [3.8, 4) is 0 Å². The normalized spacial score (nSPS) is 11.8. The number of carboxylic acid groups (broad SMARTS) is 1. The Kier molecular flexibility index (Phi) is 7.80. The summed E-state index contributed by atoms with van der Waals surface area (Å²) in [5.41, 5.74) is 1.32. The van der Waals surface area contributed by atoms with Crippen molar-refractivity contribution < 1.29 is 29.0 Å². The van der Waals surface area contributed by atoms with Gasteiger partial charge in [-0.1, -0.05) is 42.5 Å². The van der Waals surface area contributed by atoms with E-state index in [9.17, 15) is 19.5 Å². The molecule has 3 N–H and O–H groups in total. The highest BCUT2D eigenvalue weighted by molar-refractivity contribution is 5.84. The lowest BCUT2D eigenvalue weighted by molar-refractivity contribution is -0.139. The Hall–Kier alpha value is -3.55. The van der Waals surface area contributed by atoms with Gasteiger partial charge in [-0.3, -0.25) is 5.32 Å². The highest BCUT2D eigenvalue weighted by atomic mass is 16.6. The van der Waals surface area contributed by atoms with E-state index < -0.39 is 29.8 Å². The molecule has 2 aromatic rings. The van der Waals surface area contributed by atoms with Gasteiger partial charge in [0.2, 0.25) is 0 Å². The number of ether oxygens (including phenoxy) is 2. The van der Waals surface area contributed by atoms with Gasteiger partial charge in [0.15, 0.2) is 0 Å². The average molecular weight is 414 g/mol. The van der Waals surface area contributed by atoms with Crippen molar-refractivity contribution >= 4 is 23.8 Å². The van der Waals surface area contributed by atoms with E-state index in [1.54, 1.807) is 45.0 Å². The molecule has 0 saturated carbocycles. The summed E-state index contributed by atoms with van der Waals surface area (Å²) in [6.45, 7) is 5.23. The summed E-state index contributed by atoms with van der Waals surface area (Å²) in [7, 11) is 0. The molecule has 0 fully saturated rings. The second-order valence-corrected chi connectivity index (χ2v) is 7.62. The molecule has 0 aliphatic rings. The van der Waals surface area contributed by atoms with Crippen LogP contribution >= 0.6 is 0 Å². The van der Waals surface area contributed by atoms with Crippen LogP contribution in [0.2, 0.25) is 0 Å². The van der Waals surface area contributed by atoms with Crippen molar-refractivity contribution in [2.75, 3.05) is 5.32 Å². The van der Waals surface area contributed by atoms with Gasteiger partial charge in [0.25, 0.3) is 0 Å². The Labute approximate surface area is 175 Å². The predicted molar refractivity (Wildman–Crippen MR) is 111 cm³/mol. The van der Waals surface area contributed by atoms with Gasteiger partial charge in [0.1, 0.15) is 18.2 Å². The fraction of sp³-hybridized carbons (Fsp3) is 0.318. The van der Waals surface area contributed by atoms with E-state index in [0.29, 0.717) is 11.3 Å². The van der Waals surface area contributed by atoms with Gasteiger partial charge in [-0.05, 0) is 44.0 Å². The third-order valence-corrected chi connectivity index (χ3v) is 3.84. The number of rotatable bonds is 7. The van der Waals surface area contributed by atoms with Gasteiger partial charge in [0, 0.05) is 12.1 Å². The van der Waals surface area contributed by atoms with Crippen molar-refractivity contribution in [1.29, 1.82) is 0 Å². The Morgan fingerprint density at radius 3 is 2.13 bits per heavy atom. The summed E-state index contributed by atoms with van der Waals surface area (Å²) in [6, 6.07) is 14.8. The molecule has 2 aromatic carbocycles. The maximum Gasteiger partial charge on any atom is 0.411 e. The number of amides is 2. The highest BCUT2D eigenvalue weighted by Gasteiger charge is 2.24. The first-order chi connectivity index (χ1) is 14.1. The number of nitrogens with one attached hydrogen (secondary N) is 2. The number of carbonyl (C=O) groups is 3. The number of alkyl carbamates (subject to hydrolysis) is 1. The zero-order valence-electron chi connectivity index (χ0n) is 17.2. The molecular formula is C22H26N2O6. The van der Waals surface area contributed by atoms with Gasteiger partial charge in [-0.25, -0.2) is 14.4 Å². The first-order valence-corrected chi connectivity index (χ1v) is 9.41. The molecule has 0 radical (unpaired) electrons. The van der Waals surface area contributed by atoms with Crippen molar-refractivity contribution in [3.05, 3.63) is 65.7 Å². The highest BCUT2D eigenvalue weighted by Crippen LogP contribution is 2.13.